The van der Waals surface area contributed by atoms with E-state index in [9.17, 15) is 0 Å². The van der Waals surface area contributed by atoms with E-state index in [1.165, 1.54) is 14.9 Å². The van der Waals surface area contributed by atoms with Crippen LogP contribution >= 0.6 is 27.7 Å². The van der Waals surface area contributed by atoms with Crippen LogP contribution in [0.5, 0.6) is 0 Å². The fraction of sp³-hybridized carbons (Fsp3) is 0.571. The maximum Gasteiger partial charge on any atom is 0.0611 e. The van der Waals surface area contributed by atoms with Crippen LogP contribution in [0.1, 0.15) is 19.4 Å². The SMILES string of the molecule is CC(C)CNCc1ccc(SC2COC2)cc1Br. The van der Waals surface area contributed by atoms with Gasteiger partial charge in [-0.25, -0.2) is 0 Å². The van der Waals surface area contributed by atoms with E-state index in [-0.39, 0.29) is 0 Å². The van der Waals surface area contributed by atoms with Crippen LogP contribution in [0.2, 0.25) is 0 Å². The lowest BCUT2D eigenvalue weighted by molar-refractivity contribution is 0.0455. The van der Waals surface area contributed by atoms with Crippen LogP contribution in [-0.4, -0.2) is 25.0 Å². The summed E-state index contributed by atoms with van der Waals surface area (Å²) in [6.45, 7) is 8.21. The molecule has 0 aliphatic carbocycles. The van der Waals surface area contributed by atoms with Crippen molar-refractivity contribution >= 4 is 27.7 Å². The van der Waals surface area contributed by atoms with Crippen molar-refractivity contribution in [2.75, 3.05) is 19.8 Å². The number of halogens is 1. The quantitative estimate of drug-likeness (QED) is 0.860. The van der Waals surface area contributed by atoms with Gasteiger partial charge in [-0.2, -0.15) is 0 Å². The van der Waals surface area contributed by atoms with Gasteiger partial charge in [0, 0.05) is 15.9 Å². The Morgan fingerprint density at radius 1 is 1.44 bits per heavy atom. The van der Waals surface area contributed by atoms with Crippen molar-refractivity contribution in [1.29, 1.82) is 0 Å². The minimum Gasteiger partial charge on any atom is -0.379 e. The van der Waals surface area contributed by atoms with E-state index < -0.39 is 0 Å². The summed E-state index contributed by atoms with van der Waals surface area (Å²) in [6, 6.07) is 6.63. The largest absolute Gasteiger partial charge is 0.379 e. The molecule has 1 aliphatic rings. The molecule has 2 nitrogen and oxygen atoms in total. The summed E-state index contributed by atoms with van der Waals surface area (Å²) in [6.07, 6.45) is 0. The smallest absolute Gasteiger partial charge is 0.0611 e. The molecule has 1 N–H and O–H groups in total. The van der Waals surface area contributed by atoms with Gasteiger partial charge in [-0.1, -0.05) is 35.8 Å². The Morgan fingerprint density at radius 3 is 2.78 bits per heavy atom. The molecule has 0 radical (unpaired) electrons. The van der Waals surface area contributed by atoms with Crippen LogP contribution in [0.4, 0.5) is 0 Å². The molecule has 1 aromatic rings. The zero-order valence-electron chi connectivity index (χ0n) is 10.9. The van der Waals surface area contributed by atoms with Gasteiger partial charge in [0.2, 0.25) is 0 Å². The van der Waals surface area contributed by atoms with E-state index in [1.807, 2.05) is 11.8 Å². The number of rotatable bonds is 6. The van der Waals surface area contributed by atoms with Crippen molar-refractivity contribution in [2.45, 2.75) is 30.5 Å². The number of hydrogen-bond donors (Lipinski definition) is 1. The fourth-order valence-electron chi connectivity index (χ4n) is 1.71. The van der Waals surface area contributed by atoms with Gasteiger partial charge in [0.05, 0.1) is 18.5 Å². The first-order valence-electron chi connectivity index (χ1n) is 6.38. The molecular formula is C14H20BrNOS. The lowest BCUT2D eigenvalue weighted by Crippen LogP contribution is -2.30. The van der Waals surface area contributed by atoms with Gasteiger partial charge < -0.3 is 10.1 Å². The van der Waals surface area contributed by atoms with Crippen molar-refractivity contribution in [3.8, 4) is 0 Å². The highest BCUT2D eigenvalue weighted by Crippen LogP contribution is 2.31. The third kappa shape index (κ3) is 4.26. The summed E-state index contributed by atoms with van der Waals surface area (Å²) in [7, 11) is 0. The number of benzene rings is 1. The van der Waals surface area contributed by atoms with Crippen LogP contribution < -0.4 is 5.32 Å². The van der Waals surface area contributed by atoms with Gasteiger partial charge in [0.1, 0.15) is 0 Å². The molecule has 1 aliphatic heterocycles. The molecule has 1 fully saturated rings. The minimum absolute atomic E-state index is 0.641. The maximum absolute atomic E-state index is 5.19. The predicted molar refractivity (Wildman–Crippen MR) is 81.2 cm³/mol. The van der Waals surface area contributed by atoms with Crippen molar-refractivity contribution in [2.24, 2.45) is 5.92 Å². The number of ether oxygens (including phenoxy) is 1. The zero-order chi connectivity index (χ0) is 13.0. The minimum atomic E-state index is 0.641. The Hall–Kier alpha value is -0.0300. The normalized spacial score (nSPS) is 16.0. The highest BCUT2D eigenvalue weighted by atomic mass is 79.9. The highest BCUT2D eigenvalue weighted by molar-refractivity contribution is 9.10. The lowest BCUT2D eigenvalue weighted by atomic mass is 10.2. The molecule has 1 heterocycles. The van der Waals surface area contributed by atoms with E-state index in [4.69, 9.17) is 4.74 Å². The fourth-order valence-corrected chi connectivity index (χ4v) is 3.43. The Morgan fingerprint density at radius 2 is 2.22 bits per heavy atom. The van der Waals surface area contributed by atoms with Crippen LogP contribution in [0.15, 0.2) is 27.6 Å². The summed E-state index contributed by atoms with van der Waals surface area (Å²) in [4.78, 5) is 1.32. The van der Waals surface area contributed by atoms with Crippen LogP contribution in [0, 0.1) is 5.92 Å². The van der Waals surface area contributed by atoms with E-state index in [1.54, 1.807) is 0 Å². The average molecular weight is 330 g/mol. The van der Waals surface area contributed by atoms with Crippen LogP contribution in [0.25, 0.3) is 0 Å². The second-order valence-electron chi connectivity index (χ2n) is 5.06. The van der Waals surface area contributed by atoms with Crippen molar-refractivity contribution in [3.63, 3.8) is 0 Å². The molecule has 0 atom stereocenters. The third-order valence-corrected chi connectivity index (χ3v) is 4.67. The standard InChI is InChI=1S/C14H20BrNOS/c1-10(2)6-16-7-11-3-4-12(5-14(11)15)18-13-8-17-9-13/h3-5,10,13,16H,6-9H2,1-2H3. The second-order valence-corrected chi connectivity index (χ2v) is 7.28. The maximum atomic E-state index is 5.19. The Bertz CT molecular complexity index is 393. The molecule has 0 unspecified atom stereocenters. The van der Waals surface area contributed by atoms with E-state index in [2.05, 4.69) is 53.3 Å². The first-order chi connectivity index (χ1) is 8.65. The molecule has 1 saturated heterocycles. The first-order valence-corrected chi connectivity index (χ1v) is 8.06. The van der Waals surface area contributed by atoms with E-state index in [0.717, 1.165) is 26.3 Å². The number of nitrogens with one attached hydrogen (secondary N) is 1. The number of hydrogen-bond acceptors (Lipinski definition) is 3. The molecule has 0 saturated carbocycles. The van der Waals surface area contributed by atoms with Gasteiger partial charge >= 0.3 is 0 Å². The highest BCUT2D eigenvalue weighted by Gasteiger charge is 2.19. The van der Waals surface area contributed by atoms with Gasteiger partial charge in [0.25, 0.3) is 0 Å². The molecule has 4 heteroatoms. The van der Waals surface area contributed by atoms with Crippen molar-refractivity contribution in [1.82, 2.24) is 5.32 Å². The summed E-state index contributed by atoms with van der Waals surface area (Å²) in [5.41, 5.74) is 1.32. The molecular weight excluding hydrogens is 310 g/mol. The van der Waals surface area contributed by atoms with Gasteiger partial charge in [-0.3, -0.25) is 0 Å². The summed E-state index contributed by atoms with van der Waals surface area (Å²) in [5, 5.41) is 4.11. The Balaban J connectivity index is 1.87. The Kier molecular flexibility index (Phi) is 5.55. The Labute approximate surface area is 122 Å². The van der Waals surface area contributed by atoms with Crippen LogP contribution in [0.3, 0.4) is 0 Å². The molecule has 0 spiro atoms. The summed E-state index contributed by atoms with van der Waals surface area (Å²) >= 11 is 5.57. The molecule has 0 amide bonds. The van der Waals surface area contributed by atoms with Crippen molar-refractivity contribution < 1.29 is 4.74 Å². The summed E-state index contributed by atoms with van der Waals surface area (Å²) < 4.78 is 6.39. The molecule has 2 rings (SSSR count). The monoisotopic (exact) mass is 329 g/mol. The zero-order valence-corrected chi connectivity index (χ0v) is 13.3. The van der Waals surface area contributed by atoms with E-state index >= 15 is 0 Å². The molecule has 100 valence electrons. The predicted octanol–water partition coefficient (Wildman–Crippen LogP) is 3.69. The van der Waals surface area contributed by atoms with Crippen LogP contribution in [-0.2, 0) is 11.3 Å². The summed E-state index contributed by atoms with van der Waals surface area (Å²) in [5.74, 6) is 0.692. The molecule has 0 aromatic heterocycles. The van der Waals surface area contributed by atoms with Crippen molar-refractivity contribution in [3.05, 3.63) is 28.2 Å². The van der Waals surface area contributed by atoms with Gasteiger partial charge in [0.15, 0.2) is 0 Å². The first kappa shape index (κ1) is 14.4. The molecule has 18 heavy (non-hydrogen) atoms. The van der Waals surface area contributed by atoms with Gasteiger partial charge in [-0.15, -0.1) is 11.8 Å². The number of thioether (sulfide) groups is 1. The molecule has 0 bridgehead atoms. The second kappa shape index (κ2) is 6.94. The average Bonchev–Trinajstić information content (AvgIpc) is 2.26. The topological polar surface area (TPSA) is 21.3 Å². The molecule has 1 aromatic carbocycles. The third-order valence-electron chi connectivity index (χ3n) is 2.80. The lowest BCUT2D eigenvalue weighted by Gasteiger charge is -2.25. The van der Waals surface area contributed by atoms with E-state index in [0.29, 0.717) is 11.2 Å². The van der Waals surface area contributed by atoms with Gasteiger partial charge in [-0.05, 0) is 30.2 Å².